The van der Waals surface area contributed by atoms with E-state index < -0.39 is 0 Å². The largest absolute Gasteiger partial charge is 0.395 e. The number of nitrogens with zero attached hydrogens (tertiary/aromatic N) is 2. The molecule has 1 aliphatic heterocycles. The van der Waals surface area contributed by atoms with Gasteiger partial charge in [-0.15, -0.1) is 0 Å². The first-order valence-electron chi connectivity index (χ1n) is 7.91. The van der Waals surface area contributed by atoms with Crippen LogP contribution in [0.2, 0.25) is 0 Å². The van der Waals surface area contributed by atoms with E-state index in [-0.39, 0.29) is 38.1 Å². The van der Waals surface area contributed by atoms with E-state index in [1.165, 1.54) is 12.0 Å². The Hall–Kier alpha value is -2.18. The van der Waals surface area contributed by atoms with E-state index in [2.05, 4.69) is 0 Å². The number of imide groups is 1. The predicted molar refractivity (Wildman–Crippen MR) is 91.1 cm³/mol. The average molecular weight is 332 g/mol. The van der Waals surface area contributed by atoms with Crippen LogP contribution in [0.25, 0.3) is 5.57 Å². The number of rotatable bonds is 7. The summed E-state index contributed by atoms with van der Waals surface area (Å²) in [5, 5.41) is 9.21. The second-order valence-electron chi connectivity index (χ2n) is 5.94. The van der Waals surface area contributed by atoms with Crippen LogP contribution in [-0.4, -0.2) is 67.2 Å². The van der Waals surface area contributed by atoms with Crippen LogP contribution in [0.15, 0.2) is 23.9 Å². The monoisotopic (exact) mass is 332 g/mol. The van der Waals surface area contributed by atoms with Crippen molar-refractivity contribution in [2.24, 2.45) is 0 Å². The molecule has 1 N–H and O–H groups in total. The van der Waals surface area contributed by atoms with Gasteiger partial charge >= 0.3 is 0 Å². The Kier molecular flexibility index (Phi) is 5.75. The highest BCUT2D eigenvalue weighted by molar-refractivity contribution is 6.35. The lowest BCUT2D eigenvalue weighted by molar-refractivity contribution is -0.138. The molecule has 2 amide bonds. The van der Waals surface area contributed by atoms with Crippen LogP contribution < -0.4 is 0 Å². The standard InChI is InChI=1S/C18H24N2O4/c1-12-5-6-14(13(2)11-12)15-16(19(3)7-9-21)18(23)20(17(15)22)8-10-24-4/h5-6,11,21H,7-10H2,1-4H3. The number of ether oxygens (including phenoxy) is 1. The fourth-order valence-corrected chi connectivity index (χ4v) is 2.90. The average Bonchev–Trinajstić information content (AvgIpc) is 2.77. The minimum atomic E-state index is -0.344. The third-order valence-electron chi connectivity index (χ3n) is 4.13. The number of aliphatic hydroxyl groups is 1. The number of hydrogen-bond donors (Lipinski definition) is 1. The van der Waals surface area contributed by atoms with E-state index in [4.69, 9.17) is 4.74 Å². The second kappa shape index (κ2) is 7.59. The van der Waals surface area contributed by atoms with Gasteiger partial charge in [0, 0.05) is 20.7 Å². The Morgan fingerprint density at radius 1 is 1.21 bits per heavy atom. The molecule has 0 unspecified atom stereocenters. The molecule has 1 aromatic carbocycles. The van der Waals surface area contributed by atoms with Gasteiger partial charge in [0.1, 0.15) is 5.70 Å². The SMILES string of the molecule is COCCN1C(=O)C(c2ccc(C)cc2C)=C(N(C)CCO)C1=O. The van der Waals surface area contributed by atoms with Gasteiger partial charge in [0.2, 0.25) is 0 Å². The number of aliphatic hydroxyl groups excluding tert-OH is 1. The minimum absolute atomic E-state index is 0.0975. The Morgan fingerprint density at radius 2 is 1.92 bits per heavy atom. The van der Waals surface area contributed by atoms with E-state index >= 15 is 0 Å². The maximum atomic E-state index is 12.9. The molecule has 0 saturated carbocycles. The summed E-state index contributed by atoms with van der Waals surface area (Å²) in [6.45, 7) is 4.58. The third kappa shape index (κ3) is 3.34. The van der Waals surface area contributed by atoms with E-state index in [0.717, 1.165) is 16.7 Å². The van der Waals surface area contributed by atoms with Crippen molar-refractivity contribution in [3.05, 3.63) is 40.6 Å². The van der Waals surface area contributed by atoms with Gasteiger partial charge in [-0.05, 0) is 25.0 Å². The van der Waals surface area contributed by atoms with Crippen LogP contribution in [0.3, 0.4) is 0 Å². The van der Waals surface area contributed by atoms with Crippen molar-refractivity contribution in [3.8, 4) is 0 Å². The quantitative estimate of drug-likeness (QED) is 0.753. The molecule has 0 fully saturated rings. The number of likely N-dealkylation sites (N-methyl/N-ethyl adjacent to an activating group) is 1. The van der Waals surface area contributed by atoms with Gasteiger partial charge in [0.05, 0.1) is 25.3 Å². The summed E-state index contributed by atoms with van der Waals surface area (Å²) in [6, 6.07) is 5.79. The molecule has 6 heteroatoms. The van der Waals surface area contributed by atoms with Crippen LogP contribution in [0, 0.1) is 13.8 Å². The second-order valence-corrected chi connectivity index (χ2v) is 5.94. The predicted octanol–water partition coefficient (Wildman–Crippen LogP) is 0.954. The highest BCUT2D eigenvalue weighted by Gasteiger charge is 2.40. The first-order valence-corrected chi connectivity index (χ1v) is 7.91. The number of hydrogen-bond acceptors (Lipinski definition) is 5. The molecule has 24 heavy (non-hydrogen) atoms. The normalized spacial score (nSPS) is 14.8. The zero-order chi connectivity index (χ0) is 17.9. The van der Waals surface area contributed by atoms with Crippen molar-refractivity contribution in [1.29, 1.82) is 0 Å². The maximum Gasteiger partial charge on any atom is 0.277 e. The molecule has 2 rings (SSSR count). The number of benzene rings is 1. The van der Waals surface area contributed by atoms with Gasteiger partial charge in [-0.25, -0.2) is 0 Å². The minimum Gasteiger partial charge on any atom is -0.395 e. The van der Waals surface area contributed by atoms with E-state index in [0.29, 0.717) is 11.3 Å². The van der Waals surface area contributed by atoms with Crippen LogP contribution >= 0.6 is 0 Å². The van der Waals surface area contributed by atoms with Gasteiger partial charge in [0.25, 0.3) is 11.8 Å². The summed E-state index contributed by atoms with van der Waals surface area (Å²) in [5.41, 5.74) is 3.50. The van der Waals surface area contributed by atoms with Crippen molar-refractivity contribution < 1.29 is 19.4 Å². The van der Waals surface area contributed by atoms with E-state index in [1.54, 1.807) is 11.9 Å². The molecule has 1 heterocycles. The number of carbonyl (C=O) groups is 2. The molecule has 0 spiro atoms. The zero-order valence-electron chi connectivity index (χ0n) is 14.6. The van der Waals surface area contributed by atoms with Crippen molar-refractivity contribution >= 4 is 17.4 Å². The van der Waals surface area contributed by atoms with Gasteiger partial charge in [-0.1, -0.05) is 23.8 Å². The molecule has 6 nitrogen and oxygen atoms in total. The Labute approximate surface area is 142 Å². The molecule has 0 saturated heterocycles. The van der Waals surface area contributed by atoms with Crippen LogP contribution in [0.1, 0.15) is 16.7 Å². The number of aryl methyl sites for hydroxylation is 2. The highest BCUT2D eigenvalue weighted by atomic mass is 16.5. The first kappa shape index (κ1) is 18.2. The summed E-state index contributed by atoms with van der Waals surface area (Å²) in [5.74, 6) is -0.660. The number of amides is 2. The van der Waals surface area contributed by atoms with Gasteiger partial charge in [-0.3, -0.25) is 14.5 Å². The summed E-state index contributed by atoms with van der Waals surface area (Å²) < 4.78 is 5.01. The van der Waals surface area contributed by atoms with Gasteiger partial charge in [0.15, 0.2) is 0 Å². The molecule has 130 valence electrons. The zero-order valence-corrected chi connectivity index (χ0v) is 14.6. The van der Waals surface area contributed by atoms with E-state index in [9.17, 15) is 14.7 Å². The van der Waals surface area contributed by atoms with Crippen molar-refractivity contribution in [2.75, 3.05) is 40.5 Å². The molecular formula is C18H24N2O4. The molecule has 0 bridgehead atoms. The highest BCUT2D eigenvalue weighted by Crippen LogP contribution is 2.32. The van der Waals surface area contributed by atoms with Crippen molar-refractivity contribution in [1.82, 2.24) is 9.80 Å². The first-order chi connectivity index (χ1) is 11.4. The Morgan fingerprint density at radius 3 is 2.50 bits per heavy atom. The number of carbonyl (C=O) groups excluding carboxylic acids is 2. The molecule has 0 aromatic heterocycles. The summed E-state index contributed by atoms with van der Waals surface area (Å²) >= 11 is 0. The van der Waals surface area contributed by atoms with Gasteiger partial charge in [-0.2, -0.15) is 0 Å². The fourth-order valence-electron chi connectivity index (χ4n) is 2.90. The van der Waals surface area contributed by atoms with Crippen LogP contribution in [0.5, 0.6) is 0 Å². The summed E-state index contributed by atoms with van der Waals surface area (Å²) in [4.78, 5) is 28.5. The molecule has 0 radical (unpaired) electrons. The van der Waals surface area contributed by atoms with E-state index in [1.807, 2.05) is 32.0 Å². The van der Waals surface area contributed by atoms with Crippen molar-refractivity contribution in [2.45, 2.75) is 13.8 Å². The number of methoxy groups -OCH3 is 1. The van der Waals surface area contributed by atoms with Gasteiger partial charge < -0.3 is 14.7 Å². The molecule has 0 atom stereocenters. The lowest BCUT2D eigenvalue weighted by atomic mass is 9.97. The molecule has 1 aliphatic rings. The van der Waals surface area contributed by atoms with Crippen molar-refractivity contribution in [3.63, 3.8) is 0 Å². The third-order valence-corrected chi connectivity index (χ3v) is 4.13. The van der Waals surface area contributed by atoms with Crippen LogP contribution in [-0.2, 0) is 14.3 Å². The Balaban J connectivity index is 2.54. The summed E-state index contributed by atoms with van der Waals surface area (Å²) in [6.07, 6.45) is 0. The molecular weight excluding hydrogens is 308 g/mol. The Bertz CT molecular complexity index is 682. The molecule has 0 aliphatic carbocycles. The lowest BCUT2D eigenvalue weighted by Gasteiger charge is -2.20. The maximum absolute atomic E-state index is 12.9. The lowest BCUT2D eigenvalue weighted by Crippen LogP contribution is -2.37. The smallest absolute Gasteiger partial charge is 0.277 e. The van der Waals surface area contributed by atoms with Crippen LogP contribution in [0.4, 0.5) is 0 Å². The topological polar surface area (TPSA) is 70.1 Å². The fraction of sp³-hybridized carbons (Fsp3) is 0.444. The molecule has 1 aromatic rings. The summed E-state index contributed by atoms with van der Waals surface area (Å²) in [7, 11) is 3.24.